The van der Waals surface area contributed by atoms with Crippen LogP contribution in [-0.2, 0) is 23.2 Å². The van der Waals surface area contributed by atoms with Crippen LogP contribution < -0.4 is 0 Å². The molecule has 0 spiro atoms. The van der Waals surface area contributed by atoms with Gasteiger partial charge < -0.3 is 13.6 Å². The van der Waals surface area contributed by atoms with Crippen LogP contribution in [0.15, 0.2) is 23.1 Å². The molecule has 1 unspecified atom stereocenters. The van der Waals surface area contributed by atoms with Crippen LogP contribution in [0.5, 0.6) is 0 Å². The molecule has 0 aromatic carbocycles. The first kappa shape index (κ1) is 41.8. The highest BCUT2D eigenvalue weighted by Crippen LogP contribution is 2.44. The molecule has 0 fully saturated rings. The summed E-state index contributed by atoms with van der Waals surface area (Å²) in [6.07, 6.45) is 8.53. The summed E-state index contributed by atoms with van der Waals surface area (Å²) < 4.78 is 20.4. The molecule has 0 radical (unpaired) electrons. The summed E-state index contributed by atoms with van der Waals surface area (Å²) in [6, 6.07) is 0. The van der Waals surface area contributed by atoms with Gasteiger partial charge in [-0.05, 0) is 86.9 Å². The first-order chi connectivity index (χ1) is 21.3. The summed E-state index contributed by atoms with van der Waals surface area (Å²) in [5.41, 5.74) is 0.873. The van der Waals surface area contributed by atoms with Gasteiger partial charge in [0.25, 0.3) is 0 Å². The number of carbonyl (C=O) groups is 2. The van der Waals surface area contributed by atoms with Crippen LogP contribution in [0.1, 0.15) is 119 Å². The first-order valence-electron chi connectivity index (χ1n) is 17.6. The van der Waals surface area contributed by atoms with Gasteiger partial charge in [0.05, 0.1) is 29.3 Å². The predicted molar refractivity (Wildman–Crippen MR) is 204 cm³/mol. The lowest BCUT2D eigenvalue weighted by atomic mass is 9.73. The summed E-state index contributed by atoms with van der Waals surface area (Å²) in [4.78, 5) is 33.3. The van der Waals surface area contributed by atoms with E-state index in [1.165, 1.54) is 0 Å². The highest BCUT2D eigenvalue weighted by molar-refractivity contribution is 7.09. The zero-order valence-electron chi connectivity index (χ0n) is 32.6. The number of hydrogen-bond acceptors (Lipinski definition) is 7. The Morgan fingerprint density at radius 3 is 2.11 bits per heavy atom. The van der Waals surface area contributed by atoms with Crippen LogP contribution in [0.2, 0.25) is 36.3 Å². The molecular formula is C38H67NO5SSi2. The first-order valence-corrected chi connectivity index (χ1v) is 24.3. The van der Waals surface area contributed by atoms with Crippen LogP contribution in [0.3, 0.4) is 0 Å². The molecule has 0 amide bonds. The van der Waals surface area contributed by atoms with Gasteiger partial charge in [0.1, 0.15) is 11.9 Å². The highest BCUT2D eigenvalue weighted by atomic mass is 32.1. The van der Waals surface area contributed by atoms with Crippen molar-refractivity contribution >= 4 is 45.8 Å². The topological polar surface area (TPSA) is 74.7 Å². The third kappa shape index (κ3) is 11.3. The molecule has 0 saturated heterocycles. The van der Waals surface area contributed by atoms with E-state index >= 15 is 0 Å². The fourth-order valence-corrected chi connectivity index (χ4v) is 9.10. The van der Waals surface area contributed by atoms with Crippen molar-refractivity contribution in [1.82, 2.24) is 4.98 Å². The van der Waals surface area contributed by atoms with Gasteiger partial charge in [-0.2, -0.15) is 0 Å². The van der Waals surface area contributed by atoms with Crippen LogP contribution in [-0.4, -0.2) is 51.7 Å². The molecule has 5 atom stereocenters. The van der Waals surface area contributed by atoms with Crippen molar-refractivity contribution in [2.24, 2.45) is 17.3 Å². The molecule has 0 N–H and O–H groups in total. The molecule has 2 heterocycles. The molecule has 2 rings (SSSR count). The van der Waals surface area contributed by atoms with Crippen molar-refractivity contribution in [3.05, 3.63) is 33.8 Å². The minimum atomic E-state index is -2.38. The monoisotopic (exact) mass is 705 g/mol. The van der Waals surface area contributed by atoms with Crippen molar-refractivity contribution in [2.45, 2.75) is 170 Å². The van der Waals surface area contributed by atoms with Gasteiger partial charge in [-0.25, -0.2) is 4.98 Å². The number of aryl methyl sites for hydroxylation is 1. The molecule has 0 aliphatic carbocycles. The maximum Gasteiger partial charge on any atom is 0.309 e. The molecule has 6 nitrogen and oxygen atoms in total. The largest absolute Gasteiger partial charge is 0.457 e. The van der Waals surface area contributed by atoms with Gasteiger partial charge in [0, 0.05) is 23.1 Å². The lowest BCUT2D eigenvalue weighted by molar-refractivity contribution is -0.153. The van der Waals surface area contributed by atoms with E-state index in [1.54, 1.807) is 11.3 Å². The normalized spacial score (nSPS) is 27.4. The summed E-state index contributed by atoms with van der Waals surface area (Å²) in [5.74, 6) is -0.427. The van der Waals surface area contributed by atoms with E-state index in [4.69, 9.17) is 13.6 Å². The number of aromatic nitrogens is 1. The van der Waals surface area contributed by atoms with Gasteiger partial charge in [-0.1, -0.05) is 81.4 Å². The second-order valence-corrected chi connectivity index (χ2v) is 28.1. The maximum atomic E-state index is 14.8. The van der Waals surface area contributed by atoms with E-state index in [0.717, 1.165) is 35.5 Å². The fourth-order valence-electron chi connectivity index (χ4n) is 5.62. The van der Waals surface area contributed by atoms with E-state index in [0.29, 0.717) is 6.42 Å². The van der Waals surface area contributed by atoms with Gasteiger partial charge in [0.15, 0.2) is 16.6 Å². The van der Waals surface area contributed by atoms with E-state index in [-0.39, 0.29) is 46.2 Å². The number of carbonyl (C=O) groups excluding carboxylic acids is 2. The van der Waals surface area contributed by atoms with Crippen molar-refractivity contribution in [3.8, 4) is 0 Å². The Morgan fingerprint density at radius 2 is 1.57 bits per heavy atom. The fraction of sp³-hybridized carbons (Fsp3) is 0.763. The number of ether oxygens (including phenoxy) is 1. The van der Waals surface area contributed by atoms with Gasteiger partial charge >= 0.3 is 5.97 Å². The molecule has 1 aromatic rings. The summed E-state index contributed by atoms with van der Waals surface area (Å²) in [5, 5.41) is 2.94. The summed E-state index contributed by atoms with van der Waals surface area (Å²) >= 11 is 1.60. The van der Waals surface area contributed by atoms with Crippen molar-refractivity contribution in [2.75, 3.05) is 0 Å². The minimum absolute atomic E-state index is 0.00455. The molecule has 9 heteroatoms. The van der Waals surface area contributed by atoms with Crippen molar-refractivity contribution < 1.29 is 23.2 Å². The average molecular weight is 706 g/mol. The molecule has 0 saturated carbocycles. The average Bonchev–Trinajstić information content (AvgIpc) is 3.33. The molecule has 1 aliphatic heterocycles. The molecule has 1 aromatic heterocycles. The van der Waals surface area contributed by atoms with Gasteiger partial charge in [0.2, 0.25) is 0 Å². The highest BCUT2D eigenvalue weighted by Gasteiger charge is 2.50. The summed E-state index contributed by atoms with van der Waals surface area (Å²) in [7, 11) is -4.57. The van der Waals surface area contributed by atoms with Gasteiger partial charge in [-0.15, -0.1) is 11.3 Å². The Morgan fingerprint density at radius 1 is 1.00 bits per heavy atom. The third-order valence-corrected chi connectivity index (χ3v) is 20.8. The van der Waals surface area contributed by atoms with E-state index in [9.17, 15) is 9.59 Å². The number of allylic oxidation sites excluding steroid dienone is 1. The molecule has 0 bridgehead atoms. The Kier molecular flexibility index (Phi) is 14.3. The Labute approximate surface area is 293 Å². The van der Waals surface area contributed by atoms with Crippen LogP contribution in [0, 0.1) is 24.2 Å². The third-order valence-electron chi connectivity index (χ3n) is 11.1. The molecular weight excluding hydrogens is 639 g/mol. The number of Topliss-reactive ketones (excluding diaryl/α,β-unsaturated/α-hetero) is 1. The number of thiazole rings is 1. The number of cyclic esters (lactones) is 1. The summed E-state index contributed by atoms with van der Waals surface area (Å²) in [6.45, 7) is 34.4. The lowest BCUT2D eigenvalue weighted by Gasteiger charge is -2.46. The van der Waals surface area contributed by atoms with Crippen molar-refractivity contribution in [3.63, 3.8) is 0 Å². The zero-order valence-corrected chi connectivity index (χ0v) is 35.4. The van der Waals surface area contributed by atoms with Crippen LogP contribution in [0.25, 0.3) is 6.08 Å². The van der Waals surface area contributed by atoms with Gasteiger partial charge in [-0.3, -0.25) is 9.59 Å². The maximum absolute atomic E-state index is 14.8. The van der Waals surface area contributed by atoms with Crippen LogP contribution >= 0.6 is 11.3 Å². The minimum Gasteiger partial charge on any atom is -0.457 e. The number of ketones is 1. The van der Waals surface area contributed by atoms with E-state index < -0.39 is 34.3 Å². The second-order valence-electron chi connectivity index (χ2n) is 17.6. The molecule has 268 valence electrons. The van der Waals surface area contributed by atoms with Crippen LogP contribution in [0.4, 0.5) is 0 Å². The number of rotatable bonds is 6. The standard InChI is InChI=1S/C38H67NO5SSi2/c1-26-21-19-17-18-20-22-31(27(2)23-30-25-45-29(4)39-30)42-33(40)24-32(43-46(13,14)36(5,6)7)38(11,12)35(41)28(3)34(26)44-47(15,16)37(8,9)10/h18,20,23,25-26,28,31-32,34H,17,19,21-22,24H2,1-16H3/b20-18-,27-23-/t26-,28+,31-,32-,34?/m0/s1. The SMILES string of the molecule is C/C(=C/c1csc(C)n1)[C@@H]1C/C=C\CCC[C@H](C)C(O[Si](C)(C)C(C)(C)C)[C@@H](C)C(=O)C(C)(C)[C@@H](O[Si](C)(C)C(C)(C)C)CC(=O)O1. The Hall–Kier alpha value is -1.40. The number of esters is 1. The lowest BCUT2D eigenvalue weighted by Crippen LogP contribution is -2.54. The predicted octanol–water partition coefficient (Wildman–Crippen LogP) is 10.9. The quantitative estimate of drug-likeness (QED) is 0.167. The zero-order chi connectivity index (χ0) is 36.2. The number of nitrogens with zero attached hydrogens (tertiary/aromatic N) is 1. The Balaban J connectivity index is 2.62. The van der Waals surface area contributed by atoms with E-state index in [2.05, 4.69) is 91.8 Å². The number of hydrogen-bond donors (Lipinski definition) is 0. The molecule has 47 heavy (non-hydrogen) atoms. The van der Waals surface area contributed by atoms with E-state index in [1.807, 2.05) is 46.1 Å². The molecule has 1 aliphatic rings. The second kappa shape index (κ2) is 16.1. The Bertz CT molecular complexity index is 1270. The smallest absolute Gasteiger partial charge is 0.309 e. The van der Waals surface area contributed by atoms with Crippen molar-refractivity contribution in [1.29, 1.82) is 0 Å².